The van der Waals surface area contributed by atoms with Gasteiger partial charge < -0.3 is 20.9 Å². The van der Waals surface area contributed by atoms with Gasteiger partial charge in [0, 0.05) is 31.9 Å². The van der Waals surface area contributed by atoms with E-state index in [1.165, 1.54) is 0 Å². The van der Waals surface area contributed by atoms with Crippen molar-refractivity contribution in [1.29, 1.82) is 0 Å². The Labute approximate surface area is 114 Å². The number of anilines is 2. The summed E-state index contributed by atoms with van der Waals surface area (Å²) in [4.78, 5) is 16.4. The first-order valence-electron chi connectivity index (χ1n) is 6.56. The van der Waals surface area contributed by atoms with E-state index >= 15 is 0 Å². The summed E-state index contributed by atoms with van der Waals surface area (Å²) in [5.74, 6) is -0.0664. The Balaban J connectivity index is 2.29. The van der Waals surface area contributed by atoms with Gasteiger partial charge in [-0.1, -0.05) is 0 Å². The van der Waals surface area contributed by atoms with Gasteiger partial charge in [0.15, 0.2) is 0 Å². The van der Waals surface area contributed by atoms with Crippen molar-refractivity contribution in [2.45, 2.75) is 12.5 Å². The van der Waals surface area contributed by atoms with Crippen LogP contribution < -0.4 is 16.0 Å². The molecule has 1 aromatic rings. The maximum absolute atomic E-state index is 11.9. The largest absolute Gasteiger partial charge is 0.399 e. The van der Waals surface area contributed by atoms with E-state index in [2.05, 4.69) is 29.2 Å². The highest BCUT2D eigenvalue weighted by Crippen LogP contribution is 2.28. The molecule has 0 aromatic heterocycles. The summed E-state index contributed by atoms with van der Waals surface area (Å²) in [7, 11) is 5.83. The quantitative estimate of drug-likeness (QED) is 0.790. The number of hydrogen-bond donors (Lipinski definition) is 2. The first-order valence-corrected chi connectivity index (χ1v) is 6.56. The van der Waals surface area contributed by atoms with Crippen molar-refractivity contribution < 1.29 is 4.79 Å². The zero-order valence-corrected chi connectivity index (χ0v) is 11.8. The fraction of sp³-hybridized carbons (Fsp3) is 0.500. The lowest BCUT2D eigenvalue weighted by Crippen LogP contribution is -2.32. The number of nitrogens with two attached hydrogens (primary N) is 1. The fourth-order valence-electron chi connectivity index (χ4n) is 2.52. The molecule has 0 radical (unpaired) electrons. The van der Waals surface area contributed by atoms with Crippen LogP contribution in [0.5, 0.6) is 0 Å². The molecule has 5 nitrogen and oxygen atoms in total. The maximum Gasteiger partial charge on any atom is 0.253 e. The molecule has 0 saturated carbocycles. The van der Waals surface area contributed by atoms with Crippen LogP contribution >= 0.6 is 0 Å². The zero-order valence-electron chi connectivity index (χ0n) is 11.8. The van der Waals surface area contributed by atoms with Gasteiger partial charge in [0.2, 0.25) is 0 Å². The second-order valence-electron chi connectivity index (χ2n) is 5.21. The molecule has 104 valence electrons. The Morgan fingerprint density at radius 3 is 2.79 bits per heavy atom. The maximum atomic E-state index is 11.9. The molecule has 1 amide bonds. The van der Waals surface area contributed by atoms with Gasteiger partial charge in [-0.2, -0.15) is 0 Å². The van der Waals surface area contributed by atoms with Gasteiger partial charge in [0.1, 0.15) is 0 Å². The Morgan fingerprint density at radius 2 is 2.21 bits per heavy atom. The molecular formula is C14H22N4O. The van der Waals surface area contributed by atoms with E-state index in [1.807, 2.05) is 6.07 Å². The number of carbonyl (C=O) groups excluding carboxylic acids is 1. The van der Waals surface area contributed by atoms with Crippen molar-refractivity contribution in [3.63, 3.8) is 0 Å². The van der Waals surface area contributed by atoms with Gasteiger partial charge in [-0.15, -0.1) is 0 Å². The van der Waals surface area contributed by atoms with Crippen LogP contribution in [0.15, 0.2) is 18.2 Å². The third kappa shape index (κ3) is 2.81. The number of nitrogens with zero attached hydrogens (tertiary/aromatic N) is 2. The highest BCUT2D eigenvalue weighted by Gasteiger charge is 2.26. The van der Waals surface area contributed by atoms with Crippen LogP contribution in [0.3, 0.4) is 0 Å². The molecule has 0 spiro atoms. The molecule has 2 rings (SSSR count). The van der Waals surface area contributed by atoms with Crippen LogP contribution in [0.4, 0.5) is 11.4 Å². The average Bonchev–Trinajstić information content (AvgIpc) is 2.87. The molecule has 1 aromatic carbocycles. The highest BCUT2D eigenvalue weighted by molar-refractivity contribution is 6.00. The number of nitrogens with one attached hydrogen (secondary N) is 1. The summed E-state index contributed by atoms with van der Waals surface area (Å²) in [5.41, 5.74) is 8.18. The topological polar surface area (TPSA) is 61.6 Å². The van der Waals surface area contributed by atoms with Crippen LogP contribution in [0, 0.1) is 0 Å². The summed E-state index contributed by atoms with van der Waals surface area (Å²) < 4.78 is 0. The van der Waals surface area contributed by atoms with Crippen LogP contribution in [-0.4, -0.2) is 51.1 Å². The molecular weight excluding hydrogens is 240 g/mol. The summed E-state index contributed by atoms with van der Waals surface area (Å²) in [6.07, 6.45) is 1.11. The minimum Gasteiger partial charge on any atom is -0.399 e. The van der Waals surface area contributed by atoms with Crippen LogP contribution in [0.1, 0.15) is 16.8 Å². The van der Waals surface area contributed by atoms with Crippen molar-refractivity contribution in [3.8, 4) is 0 Å². The van der Waals surface area contributed by atoms with Crippen molar-refractivity contribution in [3.05, 3.63) is 23.8 Å². The van der Waals surface area contributed by atoms with E-state index in [1.54, 1.807) is 19.2 Å². The average molecular weight is 262 g/mol. The van der Waals surface area contributed by atoms with Gasteiger partial charge in [-0.05, 0) is 38.7 Å². The summed E-state index contributed by atoms with van der Waals surface area (Å²) in [6, 6.07) is 5.99. The predicted octanol–water partition coefficient (Wildman–Crippen LogP) is 0.769. The zero-order chi connectivity index (χ0) is 14.0. The molecule has 1 unspecified atom stereocenters. The predicted molar refractivity (Wildman–Crippen MR) is 78.5 cm³/mol. The van der Waals surface area contributed by atoms with Crippen LogP contribution in [-0.2, 0) is 0 Å². The van der Waals surface area contributed by atoms with Crippen molar-refractivity contribution in [2.75, 3.05) is 44.9 Å². The Morgan fingerprint density at radius 1 is 1.47 bits per heavy atom. The Kier molecular flexibility index (Phi) is 3.95. The summed E-state index contributed by atoms with van der Waals surface area (Å²) in [6.45, 7) is 1.89. The molecule has 1 aliphatic heterocycles. The number of carbonyl (C=O) groups is 1. The second kappa shape index (κ2) is 5.48. The molecule has 3 N–H and O–H groups in total. The van der Waals surface area contributed by atoms with Crippen LogP contribution in [0.2, 0.25) is 0 Å². The molecule has 1 heterocycles. The third-order valence-electron chi connectivity index (χ3n) is 3.73. The van der Waals surface area contributed by atoms with E-state index in [4.69, 9.17) is 5.73 Å². The van der Waals surface area contributed by atoms with Crippen molar-refractivity contribution in [1.82, 2.24) is 10.2 Å². The lowest BCUT2D eigenvalue weighted by molar-refractivity contribution is 0.0963. The first kappa shape index (κ1) is 13.7. The monoisotopic (exact) mass is 262 g/mol. The Hall–Kier alpha value is -1.75. The number of benzene rings is 1. The van der Waals surface area contributed by atoms with E-state index in [0.29, 0.717) is 17.3 Å². The van der Waals surface area contributed by atoms with E-state index < -0.39 is 0 Å². The minimum absolute atomic E-state index is 0.0664. The van der Waals surface area contributed by atoms with Gasteiger partial charge >= 0.3 is 0 Å². The third-order valence-corrected chi connectivity index (χ3v) is 3.73. The molecule has 5 heteroatoms. The molecule has 1 saturated heterocycles. The number of nitrogen functional groups attached to an aromatic ring is 1. The van der Waals surface area contributed by atoms with Crippen LogP contribution in [0.25, 0.3) is 0 Å². The molecule has 1 fully saturated rings. The summed E-state index contributed by atoms with van der Waals surface area (Å²) >= 11 is 0. The van der Waals surface area contributed by atoms with E-state index in [9.17, 15) is 4.79 Å². The molecule has 1 atom stereocenters. The lowest BCUT2D eigenvalue weighted by Gasteiger charge is -2.24. The Bertz CT molecular complexity index is 473. The number of likely N-dealkylation sites (N-methyl/N-ethyl adjacent to an activating group) is 1. The van der Waals surface area contributed by atoms with Crippen molar-refractivity contribution in [2.24, 2.45) is 0 Å². The normalized spacial score (nSPS) is 18.9. The molecule has 19 heavy (non-hydrogen) atoms. The van der Waals surface area contributed by atoms with Gasteiger partial charge in [-0.25, -0.2) is 0 Å². The lowest BCUT2D eigenvalue weighted by atomic mass is 10.1. The minimum atomic E-state index is -0.0664. The smallest absolute Gasteiger partial charge is 0.253 e. The second-order valence-corrected chi connectivity index (χ2v) is 5.21. The standard InChI is InChI=1S/C14H22N4O/c1-16-14(19)12-5-4-10(15)8-13(12)18-7-6-11(9-18)17(2)3/h4-5,8,11H,6-7,9,15H2,1-3H3,(H,16,19). The fourth-order valence-corrected chi connectivity index (χ4v) is 2.52. The molecule has 0 aliphatic carbocycles. The van der Waals surface area contributed by atoms with Gasteiger partial charge in [0.25, 0.3) is 5.91 Å². The first-order chi connectivity index (χ1) is 9.02. The number of amides is 1. The SMILES string of the molecule is CNC(=O)c1ccc(N)cc1N1CCC(N(C)C)C1. The highest BCUT2D eigenvalue weighted by atomic mass is 16.1. The van der Waals surface area contributed by atoms with E-state index in [-0.39, 0.29) is 5.91 Å². The number of hydrogen-bond acceptors (Lipinski definition) is 4. The summed E-state index contributed by atoms with van der Waals surface area (Å²) in [5, 5.41) is 2.68. The van der Waals surface area contributed by atoms with Gasteiger partial charge in [0.05, 0.1) is 11.3 Å². The van der Waals surface area contributed by atoms with Gasteiger partial charge in [-0.3, -0.25) is 4.79 Å². The number of rotatable bonds is 3. The molecule has 1 aliphatic rings. The molecule has 0 bridgehead atoms. The van der Waals surface area contributed by atoms with Crippen molar-refractivity contribution >= 4 is 17.3 Å². The van der Waals surface area contributed by atoms with E-state index in [0.717, 1.165) is 25.2 Å².